The molecule has 2 N–H and O–H groups in total. The summed E-state index contributed by atoms with van der Waals surface area (Å²) in [5.41, 5.74) is 0.970. The Balaban J connectivity index is 2.96. The first-order valence-electron chi connectivity index (χ1n) is 4.89. The standard InChI is InChI=1S/C12H14FNO2/c1-3-6-14-11(12(15)16)9-4-5-10(13)8(2)7-9/h3-5,7,11,14H,1,6H2,2H3,(H,15,16). The van der Waals surface area contributed by atoms with E-state index in [4.69, 9.17) is 5.11 Å². The van der Waals surface area contributed by atoms with Crippen molar-refractivity contribution in [3.8, 4) is 0 Å². The Morgan fingerprint density at radius 2 is 2.38 bits per heavy atom. The molecule has 1 atom stereocenters. The van der Waals surface area contributed by atoms with Crippen LogP contribution in [0.2, 0.25) is 0 Å². The molecule has 0 radical (unpaired) electrons. The molecule has 0 spiro atoms. The fraction of sp³-hybridized carbons (Fsp3) is 0.250. The average Bonchev–Trinajstić information content (AvgIpc) is 2.23. The first kappa shape index (κ1) is 12.4. The van der Waals surface area contributed by atoms with Gasteiger partial charge in [0.15, 0.2) is 0 Å². The lowest BCUT2D eigenvalue weighted by molar-refractivity contribution is -0.139. The lowest BCUT2D eigenvalue weighted by Crippen LogP contribution is -2.28. The summed E-state index contributed by atoms with van der Waals surface area (Å²) < 4.78 is 13.0. The molecule has 0 aromatic heterocycles. The van der Waals surface area contributed by atoms with Gasteiger partial charge in [-0.3, -0.25) is 10.1 Å². The summed E-state index contributed by atoms with van der Waals surface area (Å²) in [6, 6.07) is 3.44. The molecule has 0 heterocycles. The van der Waals surface area contributed by atoms with Gasteiger partial charge in [0.1, 0.15) is 11.9 Å². The van der Waals surface area contributed by atoms with Crippen LogP contribution in [-0.4, -0.2) is 17.6 Å². The third kappa shape index (κ3) is 2.90. The van der Waals surface area contributed by atoms with E-state index >= 15 is 0 Å². The van der Waals surface area contributed by atoms with Gasteiger partial charge >= 0.3 is 5.97 Å². The Hall–Kier alpha value is -1.68. The van der Waals surface area contributed by atoms with Crippen LogP contribution in [0.25, 0.3) is 0 Å². The van der Waals surface area contributed by atoms with Crippen LogP contribution in [0, 0.1) is 12.7 Å². The molecule has 1 aromatic rings. The second kappa shape index (κ2) is 5.42. The van der Waals surface area contributed by atoms with Gasteiger partial charge in [-0.15, -0.1) is 6.58 Å². The minimum atomic E-state index is -0.993. The van der Waals surface area contributed by atoms with Crippen LogP contribution >= 0.6 is 0 Å². The van der Waals surface area contributed by atoms with Crippen molar-refractivity contribution in [1.82, 2.24) is 5.32 Å². The summed E-state index contributed by atoms with van der Waals surface area (Å²) in [6.45, 7) is 5.49. The smallest absolute Gasteiger partial charge is 0.325 e. The van der Waals surface area contributed by atoms with Gasteiger partial charge in [-0.05, 0) is 24.1 Å². The molecule has 1 rings (SSSR count). The zero-order chi connectivity index (χ0) is 12.1. The summed E-state index contributed by atoms with van der Waals surface area (Å²) in [5.74, 6) is -1.33. The van der Waals surface area contributed by atoms with Gasteiger partial charge in [-0.25, -0.2) is 4.39 Å². The van der Waals surface area contributed by atoms with Crippen LogP contribution in [-0.2, 0) is 4.79 Å². The first-order valence-corrected chi connectivity index (χ1v) is 4.89. The van der Waals surface area contributed by atoms with Gasteiger partial charge in [0.2, 0.25) is 0 Å². The molecule has 4 heteroatoms. The Labute approximate surface area is 93.6 Å². The number of halogens is 1. The molecular weight excluding hydrogens is 209 g/mol. The molecule has 1 unspecified atom stereocenters. The Bertz CT molecular complexity index is 404. The highest BCUT2D eigenvalue weighted by Crippen LogP contribution is 2.17. The quantitative estimate of drug-likeness (QED) is 0.751. The summed E-state index contributed by atoms with van der Waals surface area (Å²) in [4.78, 5) is 11.0. The minimum Gasteiger partial charge on any atom is -0.480 e. The largest absolute Gasteiger partial charge is 0.480 e. The van der Waals surface area contributed by atoms with Crippen molar-refractivity contribution < 1.29 is 14.3 Å². The number of benzene rings is 1. The third-order valence-corrected chi connectivity index (χ3v) is 2.23. The van der Waals surface area contributed by atoms with E-state index < -0.39 is 12.0 Å². The predicted octanol–water partition coefficient (Wildman–Crippen LogP) is 2.04. The molecular formula is C12H14FNO2. The second-order valence-corrected chi connectivity index (χ2v) is 3.48. The molecule has 0 amide bonds. The van der Waals surface area contributed by atoms with Crippen LogP contribution < -0.4 is 5.32 Å². The predicted molar refractivity (Wildman–Crippen MR) is 59.7 cm³/mol. The van der Waals surface area contributed by atoms with E-state index in [1.807, 2.05) is 0 Å². The van der Waals surface area contributed by atoms with E-state index in [1.165, 1.54) is 18.2 Å². The summed E-state index contributed by atoms with van der Waals surface area (Å²) in [7, 11) is 0. The zero-order valence-electron chi connectivity index (χ0n) is 9.03. The van der Waals surface area contributed by atoms with Crippen molar-refractivity contribution in [2.24, 2.45) is 0 Å². The van der Waals surface area contributed by atoms with Gasteiger partial charge in [-0.2, -0.15) is 0 Å². The molecule has 1 aromatic carbocycles. The van der Waals surface area contributed by atoms with E-state index in [1.54, 1.807) is 13.0 Å². The maximum atomic E-state index is 13.0. The SMILES string of the molecule is C=CCNC(C(=O)O)c1ccc(F)c(C)c1. The van der Waals surface area contributed by atoms with E-state index in [0.29, 0.717) is 17.7 Å². The lowest BCUT2D eigenvalue weighted by Gasteiger charge is -2.14. The van der Waals surface area contributed by atoms with Gasteiger partial charge in [0.05, 0.1) is 0 Å². The van der Waals surface area contributed by atoms with Crippen LogP contribution in [0.3, 0.4) is 0 Å². The maximum Gasteiger partial charge on any atom is 0.325 e. The number of rotatable bonds is 5. The van der Waals surface area contributed by atoms with Gasteiger partial charge in [-0.1, -0.05) is 18.2 Å². The number of nitrogens with one attached hydrogen (secondary N) is 1. The highest BCUT2D eigenvalue weighted by atomic mass is 19.1. The molecule has 16 heavy (non-hydrogen) atoms. The van der Waals surface area contributed by atoms with Crippen LogP contribution in [0.4, 0.5) is 4.39 Å². The third-order valence-electron chi connectivity index (χ3n) is 2.23. The summed E-state index contributed by atoms with van der Waals surface area (Å²) >= 11 is 0. The average molecular weight is 223 g/mol. The Morgan fingerprint density at radius 3 is 2.88 bits per heavy atom. The number of carboxylic acid groups (broad SMARTS) is 1. The van der Waals surface area contributed by atoms with Crippen molar-refractivity contribution in [3.63, 3.8) is 0 Å². The van der Waals surface area contributed by atoms with E-state index in [0.717, 1.165) is 0 Å². The maximum absolute atomic E-state index is 13.0. The summed E-state index contributed by atoms with van der Waals surface area (Å²) in [5, 5.41) is 11.8. The number of hydrogen-bond donors (Lipinski definition) is 2. The van der Waals surface area contributed by atoms with Crippen LogP contribution in [0.1, 0.15) is 17.2 Å². The molecule has 0 saturated carbocycles. The van der Waals surface area contributed by atoms with Crippen LogP contribution in [0.15, 0.2) is 30.9 Å². The topological polar surface area (TPSA) is 49.3 Å². The fourth-order valence-corrected chi connectivity index (χ4v) is 1.40. The van der Waals surface area contributed by atoms with Gasteiger partial charge in [0.25, 0.3) is 0 Å². The number of carbonyl (C=O) groups is 1. The van der Waals surface area contributed by atoms with Crippen molar-refractivity contribution in [2.45, 2.75) is 13.0 Å². The van der Waals surface area contributed by atoms with Gasteiger partial charge < -0.3 is 5.11 Å². The zero-order valence-corrected chi connectivity index (χ0v) is 9.03. The van der Waals surface area contributed by atoms with Crippen molar-refractivity contribution in [3.05, 3.63) is 47.8 Å². The van der Waals surface area contributed by atoms with Crippen molar-refractivity contribution in [2.75, 3.05) is 6.54 Å². The normalized spacial score (nSPS) is 12.1. The molecule has 0 fully saturated rings. The first-order chi connectivity index (χ1) is 7.56. The molecule has 0 aliphatic heterocycles. The number of carboxylic acids is 1. The molecule has 0 saturated heterocycles. The second-order valence-electron chi connectivity index (χ2n) is 3.48. The van der Waals surface area contributed by atoms with E-state index in [2.05, 4.69) is 11.9 Å². The molecule has 86 valence electrons. The molecule has 0 bridgehead atoms. The number of aryl methyl sites for hydroxylation is 1. The number of hydrogen-bond acceptors (Lipinski definition) is 2. The Morgan fingerprint density at radius 1 is 1.69 bits per heavy atom. The molecule has 0 aliphatic rings. The van der Waals surface area contributed by atoms with Crippen LogP contribution in [0.5, 0.6) is 0 Å². The van der Waals surface area contributed by atoms with E-state index in [9.17, 15) is 9.18 Å². The lowest BCUT2D eigenvalue weighted by atomic mass is 10.0. The monoisotopic (exact) mass is 223 g/mol. The molecule has 3 nitrogen and oxygen atoms in total. The van der Waals surface area contributed by atoms with Crippen molar-refractivity contribution >= 4 is 5.97 Å². The van der Waals surface area contributed by atoms with E-state index in [-0.39, 0.29) is 5.82 Å². The number of aliphatic carboxylic acids is 1. The highest BCUT2D eigenvalue weighted by Gasteiger charge is 2.18. The summed E-state index contributed by atoms with van der Waals surface area (Å²) in [6.07, 6.45) is 1.58. The van der Waals surface area contributed by atoms with Crippen molar-refractivity contribution in [1.29, 1.82) is 0 Å². The van der Waals surface area contributed by atoms with Gasteiger partial charge in [0, 0.05) is 6.54 Å². The fourth-order valence-electron chi connectivity index (χ4n) is 1.40. The Kier molecular flexibility index (Phi) is 4.19. The molecule has 0 aliphatic carbocycles. The minimum absolute atomic E-state index is 0.336. The highest BCUT2D eigenvalue weighted by molar-refractivity contribution is 5.75.